The minimum atomic E-state index is -3.96. The molecular weight excluding hydrogens is 517 g/mol. The highest BCUT2D eigenvalue weighted by Gasteiger charge is 2.34. The van der Waals surface area contributed by atoms with Crippen molar-refractivity contribution in [3.63, 3.8) is 0 Å². The molecule has 1 N–H and O–H groups in total. The molecule has 0 aliphatic heterocycles. The van der Waals surface area contributed by atoms with Gasteiger partial charge in [-0.25, -0.2) is 12.8 Å². The van der Waals surface area contributed by atoms with E-state index < -0.39 is 39.9 Å². The molecule has 0 aliphatic carbocycles. The number of amides is 2. The average molecular weight is 554 g/mol. The first kappa shape index (κ1) is 29.8. The molecule has 0 radical (unpaired) electrons. The van der Waals surface area contributed by atoms with Gasteiger partial charge in [-0.2, -0.15) is 0 Å². The fourth-order valence-corrected chi connectivity index (χ4v) is 5.10. The summed E-state index contributed by atoms with van der Waals surface area (Å²) in [6.45, 7) is 6.98. The van der Waals surface area contributed by atoms with Crippen molar-refractivity contribution < 1.29 is 22.4 Å². The maximum absolute atomic E-state index is 14.0. The second kappa shape index (κ2) is 12.4. The first-order valence-corrected chi connectivity index (χ1v) is 14.5. The molecule has 0 bridgehead atoms. The van der Waals surface area contributed by atoms with Crippen LogP contribution in [0.2, 0.25) is 0 Å². The molecule has 3 aromatic carbocycles. The van der Waals surface area contributed by atoms with Crippen LogP contribution in [-0.2, 0) is 32.6 Å². The van der Waals surface area contributed by atoms with Crippen molar-refractivity contribution in [1.82, 2.24) is 10.2 Å². The number of nitrogens with one attached hydrogen (secondary N) is 1. The number of aryl methyl sites for hydroxylation is 1. The highest BCUT2D eigenvalue weighted by molar-refractivity contribution is 7.92. The van der Waals surface area contributed by atoms with Crippen molar-refractivity contribution in [2.75, 3.05) is 17.1 Å². The van der Waals surface area contributed by atoms with Crippen LogP contribution in [-0.4, -0.2) is 49.5 Å². The summed E-state index contributed by atoms with van der Waals surface area (Å²) in [6.07, 6.45) is 1.18. The van der Waals surface area contributed by atoms with Crippen LogP contribution < -0.4 is 9.62 Å². The summed E-state index contributed by atoms with van der Waals surface area (Å²) in [5.41, 5.74) is 2.08. The summed E-state index contributed by atoms with van der Waals surface area (Å²) in [6, 6.07) is 21.0. The van der Waals surface area contributed by atoms with Crippen LogP contribution in [0.15, 0.2) is 78.9 Å². The molecule has 3 aromatic rings. The lowest BCUT2D eigenvalue weighted by atomic mass is 10.0. The minimum absolute atomic E-state index is 0.0279. The van der Waals surface area contributed by atoms with E-state index in [1.165, 1.54) is 23.1 Å². The number of carbonyl (C=O) groups excluding carboxylic acids is 2. The summed E-state index contributed by atoms with van der Waals surface area (Å²) in [5, 5.41) is 2.98. The van der Waals surface area contributed by atoms with E-state index in [1.54, 1.807) is 0 Å². The van der Waals surface area contributed by atoms with Crippen LogP contribution in [0.1, 0.15) is 37.5 Å². The Morgan fingerprint density at radius 1 is 0.923 bits per heavy atom. The van der Waals surface area contributed by atoms with Gasteiger partial charge in [0.1, 0.15) is 18.4 Å². The summed E-state index contributed by atoms with van der Waals surface area (Å²) in [5.74, 6) is -1.57. The Bertz CT molecular complexity index is 1400. The zero-order valence-electron chi connectivity index (χ0n) is 23.0. The molecule has 0 unspecified atom stereocenters. The van der Waals surface area contributed by atoms with E-state index in [2.05, 4.69) is 5.32 Å². The molecule has 3 rings (SSSR count). The van der Waals surface area contributed by atoms with Crippen molar-refractivity contribution >= 4 is 27.5 Å². The molecular formula is C30H36FN3O4S. The molecule has 1 atom stereocenters. The number of carbonyl (C=O) groups is 2. The zero-order chi connectivity index (χ0) is 28.8. The highest BCUT2D eigenvalue weighted by Crippen LogP contribution is 2.21. The lowest BCUT2D eigenvalue weighted by Crippen LogP contribution is -2.56. The van der Waals surface area contributed by atoms with E-state index >= 15 is 0 Å². The predicted molar refractivity (Wildman–Crippen MR) is 152 cm³/mol. The Balaban J connectivity index is 2.08. The van der Waals surface area contributed by atoms with E-state index in [9.17, 15) is 22.4 Å². The van der Waals surface area contributed by atoms with Gasteiger partial charge in [0.15, 0.2) is 0 Å². The van der Waals surface area contributed by atoms with Crippen molar-refractivity contribution in [3.8, 4) is 0 Å². The van der Waals surface area contributed by atoms with Gasteiger partial charge in [-0.1, -0.05) is 66.2 Å². The van der Waals surface area contributed by atoms with Crippen LogP contribution in [0.25, 0.3) is 0 Å². The summed E-state index contributed by atoms with van der Waals surface area (Å²) < 4.78 is 40.3. The second-order valence-corrected chi connectivity index (χ2v) is 12.6. The van der Waals surface area contributed by atoms with Gasteiger partial charge in [0.2, 0.25) is 21.8 Å². The molecule has 9 heteroatoms. The number of sulfonamides is 1. The van der Waals surface area contributed by atoms with E-state index in [-0.39, 0.29) is 24.6 Å². The zero-order valence-corrected chi connectivity index (χ0v) is 23.8. The van der Waals surface area contributed by atoms with Gasteiger partial charge in [-0.05, 0) is 57.0 Å². The van der Waals surface area contributed by atoms with Crippen molar-refractivity contribution in [1.29, 1.82) is 0 Å². The minimum Gasteiger partial charge on any atom is -0.350 e. The standard InChI is InChI=1S/C30H36FN3O4S/c1-22-11-9-14-24(17-22)20-33(27(29(36)32-30(2,3)4)18-23-12-7-6-8-13-23)28(35)21-34(39(5,37)38)26-16-10-15-25(31)19-26/h6-17,19,27H,18,20-21H2,1-5H3,(H,32,36)/t27-/m0/s1. The smallest absolute Gasteiger partial charge is 0.244 e. The number of halogens is 1. The first-order valence-electron chi connectivity index (χ1n) is 12.7. The van der Waals surface area contributed by atoms with Gasteiger partial charge >= 0.3 is 0 Å². The van der Waals surface area contributed by atoms with E-state index in [4.69, 9.17) is 0 Å². The van der Waals surface area contributed by atoms with Crippen molar-refractivity contribution in [3.05, 3.63) is 101 Å². The number of hydrogen-bond acceptors (Lipinski definition) is 4. The van der Waals surface area contributed by atoms with Gasteiger partial charge in [0.25, 0.3) is 0 Å². The highest BCUT2D eigenvalue weighted by atomic mass is 32.2. The topological polar surface area (TPSA) is 86.8 Å². The molecule has 7 nitrogen and oxygen atoms in total. The Hall–Kier alpha value is -3.72. The lowest BCUT2D eigenvalue weighted by molar-refractivity contribution is -0.140. The molecule has 39 heavy (non-hydrogen) atoms. The third-order valence-corrected chi connectivity index (χ3v) is 7.12. The SMILES string of the molecule is Cc1cccc(CN(C(=O)CN(c2cccc(F)c2)S(C)(=O)=O)[C@@H](Cc2ccccc2)C(=O)NC(C)(C)C)c1. The average Bonchev–Trinajstić information content (AvgIpc) is 2.83. The van der Waals surface area contributed by atoms with Crippen LogP contribution in [0.5, 0.6) is 0 Å². The molecule has 2 amide bonds. The fourth-order valence-electron chi connectivity index (χ4n) is 4.26. The molecule has 0 aliphatic rings. The monoisotopic (exact) mass is 553 g/mol. The predicted octanol–water partition coefficient (Wildman–Crippen LogP) is 4.45. The van der Waals surface area contributed by atoms with Crippen LogP contribution in [0.3, 0.4) is 0 Å². The number of benzene rings is 3. The molecule has 0 aromatic heterocycles. The Morgan fingerprint density at radius 3 is 2.15 bits per heavy atom. The van der Waals surface area contributed by atoms with Gasteiger partial charge in [-0.3, -0.25) is 13.9 Å². The Kier molecular flexibility index (Phi) is 9.50. The van der Waals surface area contributed by atoms with Gasteiger partial charge in [0.05, 0.1) is 11.9 Å². The second-order valence-electron chi connectivity index (χ2n) is 10.7. The molecule has 0 spiro atoms. The third kappa shape index (κ3) is 8.92. The van der Waals surface area contributed by atoms with Crippen molar-refractivity contribution in [2.24, 2.45) is 0 Å². The quantitative estimate of drug-likeness (QED) is 0.402. The summed E-state index contributed by atoms with van der Waals surface area (Å²) >= 11 is 0. The lowest BCUT2D eigenvalue weighted by Gasteiger charge is -2.35. The Labute approximate surface area is 230 Å². The van der Waals surface area contributed by atoms with E-state index in [0.717, 1.165) is 33.3 Å². The van der Waals surface area contributed by atoms with Crippen LogP contribution in [0.4, 0.5) is 10.1 Å². The van der Waals surface area contributed by atoms with Crippen LogP contribution >= 0.6 is 0 Å². The number of rotatable bonds is 10. The molecule has 208 valence electrons. The fraction of sp³-hybridized carbons (Fsp3) is 0.333. The molecule has 0 heterocycles. The van der Waals surface area contributed by atoms with Gasteiger partial charge < -0.3 is 10.2 Å². The number of anilines is 1. The van der Waals surface area contributed by atoms with Gasteiger partial charge in [-0.15, -0.1) is 0 Å². The summed E-state index contributed by atoms with van der Waals surface area (Å²) in [7, 11) is -3.96. The molecule has 0 saturated heterocycles. The van der Waals surface area contributed by atoms with E-state index in [1.807, 2.05) is 82.3 Å². The normalized spacial score (nSPS) is 12.5. The summed E-state index contributed by atoms with van der Waals surface area (Å²) in [4.78, 5) is 29.1. The Morgan fingerprint density at radius 2 is 1.56 bits per heavy atom. The van der Waals surface area contributed by atoms with Crippen LogP contribution in [0, 0.1) is 12.7 Å². The maximum atomic E-state index is 14.0. The van der Waals surface area contributed by atoms with E-state index in [0.29, 0.717) is 0 Å². The molecule has 0 saturated carbocycles. The first-order chi connectivity index (χ1) is 18.2. The number of hydrogen-bond donors (Lipinski definition) is 1. The molecule has 0 fully saturated rings. The third-order valence-electron chi connectivity index (χ3n) is 5.98. The van der Waals surface area contributed by atoms with Crippen molar-refractivity contribution in [2.45, 2.75) is 52.2 Å². The largest absolute Gasteiger partial charge is 0.350 e. The number of nitrogens with zero attached hydrogens (tertiary/aromatic N) is 2. The maximum Gasteiger partial charge on any atom is 0.244 e. The van der Waals surface area contributed by atoms with Gasteiger partial charge in [0, 0.05) is 18.5 Å².